The third kappa shape index (κ3) is 3.98. The summed E-state index contributed by atoms with van der Waals surface area (Å²) in [5, 5.41) is 2.94. The van der Waals surface area contributed by atoms with E-state index in [2.05, 4.69) is 10.0 Å². The number of thioether (sulfide) groups is 1. The van der Waals surface area contributed by atoms with E-state index in [0.717, 1.165) is 10.5 Å². The van der Waals surface area contributed by atoms with Gasteiger partial charge in [0.05, 0.1) is 10.6 Å². The molecule has 1 amide bonds. The van der Waals surface area contributed by atoms with E-state index in [1.807, 2.05) is 37.3 Å². The summed E-state index contributed by atoms with van der Waals surface area (Å²) in [6.07, 6.45) is 0.410. The molecule has 7 heteroatoms. The Labute approximate surface area is 145 Å². The zero-order valence-electron chi connectivity index (χ0n) is 13.2. The average molecular weight is 362 g/mol. The molecular formula is C17H18N2O3S2. The number of hydrogen-bond donors (Lipinski definition) is 2. The van der Waals surface area contributed by atoms with E-state index in [1.54, 1.807) is 23.9 Å². The first-order valence-electron chi connectivity index (χ1n) is 7.58. The summed E-state index contributed by atoms with van der Waals surface area (Å²) in [4.78, 5) is 12.9. The minimum absolute atomic E-state index is 0.0967. The van der Waals surface area contributed by atoms with Gasteiger partial charge in [-0.15, -0.1) is 11.8 Å². The number of anilines is 1. The summed E-state index contributed by atoms with van der Waals surface area (Å²) in [5.41, 5.74) is 1.44. The fraction of sp³-hybridized carbons (Fsp3) is 0.235. The highest BCUT2D eigenvalue weighted by molar-refractivity contribution is 8.00. The van der Waals surface area contributed by atoms with Gasteiger partial charge in [-0.25, -0.2) is 13.1 Å². The van der Waals surface area contributed by atoms with E-state index in [0.29, 0.717) is 12.1 Å². The van der Waals surface area contributed by atoms with Gasteiger partial charge in [0.25, 0.3) is 0 Å². The Morgan fingerprint density at radius 1 is 1.21 bits per heavy atom. The standard InChI is InChI=1S/C17H18N2O3S2/c1-12-9-17(20)19-15-10-14(7-8-16(15)23-12)24(21,22)18-11-13-5-3-2-4-6-13/h2-8,10,12,18H,9,11H2,1H3,(H,19,20)/t12-/m0/s1. The van der Waals surface area contributed by atoms with Crippen LogP contribution in [0, 0.1) is 0 Å². The molecule has 2 aromatic carbocycles. The van der Waals surface area contributed by atoms with Crippen molar-refractivity contribution in [2.75, 3.05) is 5.32 Å². The summed E-state index contributed by atoms with van der Waals surface area (Å²) < 4.78 is 27.6. The van der Waals surface area contributed by atoms with Gasteiger partial charge in [-0.05, 0) is 23.8 Å². The number of fused-ring (bicyclic) bond motifs is 1. The first-order valence-corrected chi connectivity index (χ1v) is 9.94. The second-order valence-electron chi connectivity index (χ2n) is 5.65. The lowest BCUT2D eigenvalue weighted by Gasteiger charge is -2.11. The maximum atomic E-state index is 12.5. The number of rotatable bonds is 4. The molecule has 1 atom stereocenters. The van der Waals surface area contributed by atoms with Crippen LogP contribution in [-0.2, 0) is 21.4 Å². The minimum atomic E-state index is -3.65. The van der Waals surface area contributed by atoms with Gasteiger partial charge in [0.2, 0.25) is 15.9 Å². The van der Waals surface area contributed by atoms with Gasteiger partial charge in [0, 0.05) is 23.1 Å². The van der Waals surface area contributed by atoms with Crippen molar-refractivity contribution in [1.29, 1.82) is 0 Å². The molecule has 0 saturated heterocycles. The van der Waals surface area contributed by atoms with Crippen molar-refractivity contribution in [2.45, 2.75) is 34.9 Å². The molecule has 0 fully saturated rings. The molecule has 2 aromatic rings. The predicted molar refractivity (Wildman–Crippen MR) is 95.5 cm³/mol. The van der Waals surface area contributed by atoms with Crippen LogP contribution in [0.3, 0.4) is 0 Å². The summed E-state index contributed by atoms with van der Waals surface area (Å²) in [6.45, 7) is 2.20. The number of nitrogens with one attached hydrogen (secondary N) is 2. The Hall–Kier alpha value is -1.83. The van der Waals surface area contributed by atoms with E-state index in [1.165, 1.54) is 6.07 Å². The molecule has 0 unspecified atom stereocenters. The van der Waals surface area contributed by atoms with Gasteiger partial charge in [-0.3, -0.25) is 4.79 Å². The maximum absolute atomic E-state index is 12.5. The Bertz CT molecular complexity index is 851. The normalized spacial score (nSPS) is 17.7. The van der Waals surface area contributed by atoms with Crippen LogP contribution >= 0.6 is 11.8 Å². The highest BCUT2D eigenvalue weighted by atomic mass is 32.2. The average Bonchev–Trinajstić information content (AvgIpc) is 2.69. The number of amides is 1. The maximum Gasteiger partial charge on any atom is 0.240 e. The van der Waals surface area contributed by atoms with Crippen molar-refractivity contribution in [3.63, 3.8) is 0 Å². The summed E-state index contributed by atoms with van der Waals surface area (Å²) >= 11 is 1.57. The smallest absolute Gasteiger partial charge is 0.240 e. The minimum Gasteiger partial charge on any atom is -0.325 e. The lowest BCUT2D eigenvalue weighted by molar-refractivity contribution is -0.116. The molecule has 0 spiro atoms. The van der Waals surface area contributed by atoms with Crippen LogP contribution in [0.2, 0.25) is 0 Å². The molecule has 0 radical (unpaired) electrons. The second-order valence-corrected chi connectivity index (χ2v) is 8.90. The van der Waals surface area contributed by atoms with Gasteiger partial charge in [0.15, 0.2) is 0 Å². The van der Waals surface area contributed by atoms with Crippen molar-refractivity contribution >= 4 is 33.4 Å². The summed E-state index contributed by atoms with van der Waals surface area (Å²) in [5.74, 6) is -0.0967. The molecule has 5 nitrogen and oxygen atoms in total. The van der Waals surface area contributed by atoms with Gasteiger partial charge >= 0.3 is 0 Å². The van der Waals surface area contributed by atoms with Crippen molar-refractivity contribution in [2.24, 2.45) is 0 Å². The molecule has 0 saturated carbocycles. The predicted octanol–water partition coefficient (Wildman–Crippen LogP) is 2.99. The van der Waals surface area contributed by atoms with E-state index >= 15 is 0 Å². The molecule has 1 aliphatic heterocycles. The van der Waals surface area contributed by atoms with Crippen LogP contribution in [0.4, 0.5) is 5.69 Å². The highest BCUT2D eigenvalue weighted by Gasteiger charge is 2.22. The third-order valence-electron chi connectivity index (χ3n) is 3.65. The molecule has 1 aliphatic rings. The monoisotopic (exact) mass is 362 g/mol. The number of hydrogen-bond acceptors (Lipinski definition) is 4. The van der Waals surface area contributed by atoms with Crippen molar-refractivity contribution in [3.05, 3.63) is 54.1 Å². The summed E-state index contributed by atoms with van der Waals surface area (Å²) in [6, 6.07) is 14.2. The van der Waals surface area contributed by atoms with Gasteiger partial charge in [0.1, 0.15) is 0 Å². The van der Waals surface area contributed by atoms with Gasteiger partial charge in [-0.1, -0.05) is 37.3 Å². The first-order chi connectivity index (χ1) is 11.4. The van der Waals surface area contributed by atoms with Crippen molar-refractivity contribution in [1.82, 2.24) is 4.72 Å². The van der Waals surface area contributed by atoms with E-state index in [-0.39, 0.29) is 22.6 Å². The fourth-order valence-corrected chi connectivity index (χ4v) is 4.55. The fourth-order valence-electron chi connectivity index (χ4n) is 2.45. The molecule has 1 heterocycles. The first kappa shape index (κ1) is 17.0. The lowest BCUT2D eigenvalue weighted by atomic mass is 10.2. The van der Waals surface area contributed by atoms with Crippen LogP contribution in [-0.4, -0.2) is 19.6 Å². The van der Waals surface area contributed by atoms with Gasteiger partial charge in [-0.2, -0.15) is 0 Å². The van der Waals surface area contributed by atoms with Crippen molar-refractivity contribution in [3.8, 4) is 0 Å². The molecule has 3 rings (SSSR count). The topological polar surface area (TPSA) is 75.3 Å². The third-order valence-corrected chi connectivity index (χ3v) is 6.22. The number of carbonyl (C=O) groups excluding carboxylic acids is 1. The van der Waals surface area contributed by atoms with Crippen LogP contribution in [0.5, 0.6) is 0 Å². The quantitative estimate of drug-likeness (QED) is 0.877. The SMILES string of the molecule is C[C@H]1CC(=O)Nc2cc(S(=O)(=O)NCc3ccccc3)ccc2S1. The van der Waals surface area contributed by atoms with E-state index in [9.17, 15) is 13.2 Å². The highest BCUT2D eigenvalue weighted by Crippen LogP contribution is 2.36. The number of benzene rings is 2. The Morgan fingerprint density at radius 3 is 2.71 bits per heavy atom. The second kappa shape index (κ2) is 6.96. The van der Waals surface area contributed by atoms with E-state index < -0.39 is 10.0 Å². The Balaban J connectivity index is 1.82. The molecule has 0 aliphatic carbocycles. The zero-order chi connectivity index (χ0) is 17.2. The van der Waals surface area contributed by atoms with E-state index in [4.69, 9.17) is 0 Å². The van der Waals surface area contributed by atoms with Gasteiger partial charge < -0.3 is 5.32 Å². The zero-order valence-corrected chi connectivity index (χ0v) is 14.8. The molecule has 126 valence electrons. The Kier molecular flexibility index (Phi) is 4.93. The van der Waals surface area contributed by atoms with Crippen LogP contribution < -0.4 is 10.0 Å². The molecule has 0 aromatic heterocycles. The summed E-state index contributed by atoms with van der Waals surface area (Å²) in [7, 11) is -3.65. The van der Waals surface area contributed by atoms with Crippen LogP contribution in [0.1, 0.15) is 18.9 Å². The molecular weight excluding hydrogens is 344 g/mol. The number of sulfonamides is 1. The lowest BCUT2D eigenvalue weighted by Crippen LogP contribution is -2.23. The molecule has 2 N–H and O–H groups in total. The molecule has 24 heavy (non-hydrogen) atoms. The molecule has 0 bridgehead atoms. The van der Waals surface area contributed by atoms with Crippen LogP contribution in [0.15, 0.2) is 58.3 Å². The number of carbonyl (C=O) groups is 1. The van der Waals surface area contributed by atoms with Crippen LogP contribution in [0.25, 0.3) is 0 Å². The Morgan fingerprint density at radius 2 is 1.96 bits per heavy atom. The largest absolute Gasteiger partial charge is 0.325 e. The van der Waals surface area contributed by atoms with Crippen molar-refractivity contribution < 1.29 is 13.2 Å².